The fraction of sp³-hybridized carbons (Fsp3) is 0.440. The quantitative estimate of drug-likeness (QED) is 0.621. The number of hydrogen-bond acceptors (Lipinski definition) is 4. The third-order valence-electron chi connectivity index (χ3n) is 6.35. The highest BCUT2D eigenvalue weighted by atomic mass is 16.2. The van der Waals surface area contributed by atoms with E-state index in [9.17, 15) is 14.4 Å². The summed E-state index contributed by atoms with van der Waals surface area (Å²) in [4.78, 5) is 49.0. The van der Waals surface area contributed by atoms with E-state index in [1.165, 1.54) is 6.20 Å². The zero-order valence-electron chi connectivity index (χ0n) is 19.6. The summed E-state index contributed by atoms with van der Waals surface area (Å²) >= 11 is 0. The van der Waals surface area contributed by atoms with Crippen molar-refractivity contribution in [2.45, 2.75) is 52.6 Å². The molecule has 4 rings (SSSR count). The van der Waals surface area contributed by atoms with Crippen LogP contribution in [0.2, 0.25) is 0 Å². The molecule has 2 N–H and O–H groups in total. The summed E-state index contributed by atoms with van der Waals surface area (Å²) in [7, 11) is 0. The first-order chi connectivity index (χ1) is 15.7. The van der Waals surface area contributed by atoms with Gasteiger partial charge in [-0.1, -0.05) is 19.1 Å². The minimum Gasteiger partial charge on any atom is -0.350 e. The van der Waals surface area contributed by atoms with E-state index < -0.39 is 17.4 Å². The molecule has 174 valence electrons. The number of nitrogens with zero attached hydrogens (tertiary/aromatic N) is 3. The van der Waals surface area contributed by atoms with Crippen molar-refractivity contribution in [3.63, 3.8) is 0 Å². The van der Waals surface area contributed by atoms with Crippen molar-refractivity contribution in [3.8, 4) is 0 Å². The van der Waals surface area contributed by atoms with Crippen molar-refractivity contribution in [1.82, 2.24) is 24.8 Å². The van der Waals surface area contributed by atoms with Gasteiger partial charge in [-0.25, -0.2) is 4.98 Å². The van der Waals surface area contributed by atoms with Gasteiger partial charge in [0.25, 0.3) is 11.8 Å². The second-order valence-electron chi connectivity index (χ2n) is 9.26. The van der Waals surface area contributed by atoms with Gasteiger partial charge < -0.3 is 19.8 Å². The predicted octanol–water partition coefficient (Wildman–Crippen LogP) is 3.67. The molecule has 1 aromatic carbocycles. The summed E-state index contributed by atoms with van der Waals surface area (Å²) < 4.78 is 1.75. The first kappa shape index (κ1) is 22.8. The predicted molar refractivity (Wildman–Crippen MR) is 127 cm³/mol. The number of aromatic amines is 1. The number of H-pyrrole nitrogens is 1. The van der Waals surface area contributed by atoms with Crippen LogP contribution in [0.3, 0.4) is 0 Å². The molecule has 0 radical (unpaired) electrons. The molecule has 1 unspecified atom stereocenters. The van der Waals surface area contributed by atoms with E-state index in [0.717, 1.165) is 23.9 Å². The van der Waals surface area contributed by atoms with Crippen LogP contribution < -0.4 is 10.7 Å². The molecule has 3 heterocycles. The number of carbonyl (C=O) groups is 2. The van der Waals surface area contributed by atoms with Crippen molar-refractivity contribution >= 4 is 22.8 Å². The highest BCUT2D eigenvalue weighted by Crippen LogP contribution is 2.19. The lowest BCUT2D eigenvalue weighted by molar-refractivity contribution is 0.0695. The van der Waals surface area contributed by atoms with Crippen molar-refractivity contribution in [1.29, 1.82) is 0 Å². The number of rotatable bonds is 5. The molecule has 2 aromatic heterocycles. The maximum Gasteiger partial charge on any atom is 0.259 e. The topological polar surface area (TPSA) is 100 Å². The largest absolute Gasteiger partial charge is 0.350 e. The van der Waals surface area contributed by atoms with Gasteiger partial charge in [0.2, 0.25) is 5.43 Å². The van der Waals surface area contributed by atoms with Gasteiger partial charge in [0.05, 0.1) is 17.1 Å². The van der Waals surface area contributed by atoms with Crippen molar-refractivity contribution in [2.75, 3.05) is 13.1 Å². The maximum absolute atomic E-state index is 13.2. The third kappa shape index (κ3) is 4.69. The molecule has 1 saturated heterocycles. The smallest absolute Gasteiger partial charge is 0.259 e. The number of fused-ring (bicyclic) bond motifs is 1. The summed E-state index contributed by atoms with van der Waals surface area (Å²) in [5.41, 5.74) is 1.15. The van der Waals surface area contributed by atoms with E-state index in [1.807, 2.05) is 38.1 Å². The fourth-order valence-corrected chi connectivity index (χ4v) is 4.11. The number of imidazole rings is 1. The molecule has 0 spiro atoms. The standard InChI is InChI=1S/C25H31N5O3/c1-15(2)30-13-18(22(31)19(14-30)25(33)29-11-9-16(3)10-12-29)24(32)26-17(4)23-27-20-7-5-6-8-21(20)28-23/h5-8,13-17H,9-12H2,1-4H3,(H,26,32)(H,27,28). The average Bonchev–Trinajstić information content (AvgIpc) is 3.23. The molecule has 8 heteroatoms. The van der Waals surface area contributed by atoms with E-state index in [-0.39, 0.29) is 23.1 Å². The van der Waals surface area contributed by atoms with E-state index >= 15 is 0 Å². The number of para-hydroxylation sites is 2. The monoisotopic (exact) mass is 449 g/mol. The Morgan fingerprint density at radius 3 is 2.42 bits per heavy atom. The molecule has 2 amide bonds. The van der Waals surface area contributed by atoms with Crippen LogP contribution in [0.15, 0.2) is 41.5 Å². The Morgan fingerprint density at radius 2 is 1.76 bits per heavy atom. The molecule has 3 aromatic rings. The Balaban J connectivity index is 1.62. The maximum atomic E-state index is 13.2. The van der Waals surface area contributed by atoms with Gasteiger partial charge in [-0.3, -0.25) is 14.4 Å². The number of piperidine rings is 1. The first-order valence-electron chi connectivity index (χ1n) is 11.5. The Hall–Kier alpha value is -3.42. The van der Waals surface area contributed by atoms with E-state index in [0.29, 0.717) is 24.8 Å². The summed E-state index contributed by atoms with van der Waals surface area (Å²) in [6.45, 7) is 9.11. The van der Waals surface area contributed by atoms with Gasteiger partial charge in [-0.2, -0.15) is 0 Å². The lowest BCUT2D eigenvalue weighted by atomic mass is 9.98. The van der Waals surface area contributed by atoms with Crippen molar-refractivity contribution in [3.05, 3.63) is 63.8 Å². The van der Waals surface area contributed by atoms with Crippen LogP contribution in [0, 0.1) is 5.92 Å². The van der Waals surface area contributed by atoms with Crippen LogP contribution in [-0.2, 0) is 0 Å². The number of carbonyl (C=O) groups excluding carboxylic acids is 2. The zero-order valence-corrected chi connectivity index (χ0v) is 19.6. The highest BCUT2D eigenvalue weighted by molar-refractivity contribution is 5.99. The summed E-state index contributed by atoms with van der Waals surface area (Å²) in [5.74, 6) is 0.340. The number of pyridine rings is 1. The fourth-order valence-electron chi connectivity index (χ4n) is 4.11. The molecule has 0 aliphatic carbocycles. The second kappa shape index (κ2) is 9.21. The number of nitrogens with one attached hydrogen (secondary N) is 2. The molecule has 1 fully saturated rings. The Labute approximate surface area is 193 Å². The zero-order chi connectivity index (χ0) is 23.7. The molecule has 1 aliphatic heterocycles. The van der Waals surface area contributed by atoms with E-state index in [2.05, 4.69) is 22.2 Å². The SMILES string of the molecule is CC1CCN(C(=O)c2cn(C(C)C)cc(C(=O)NC(C)c3nc4ccccc4[nH]3)c2=O)CC1. The molecule has 33 heavy (non-hydrogen) atoms. The van der Waals surface area contributed by atoms with Gasteiger partial charge in [-0.15, -0.1) is 0 Å². The van der Waals surface area contributed by atoms with Crippen molar-refractivity contribution < 1.29 is 9.59 Å². The Kier molecular flexibility index (Phi) is 6.35. The van der Waals surface area contributed by atoms with E-state index in [1.54, 1.807) is 22.6 Å². The van der Waals surface area contributed by atoms with Gasteiger partial charge in [0.1, 0.15) is 17.0 Å². The molecule has 0 bridgehead atoms. The molecule has 1 aliphatic rings. The van der Waals surface area contributed by atoms with E-state index in [4.69, 9.17) is 0 Å². The number of likely N-dealkylation sites (tertiary alicyclic amines) is 1. The summed E-state index contributed by atoms with van der Waals surface area (Å²) in [6.07, 6.45) is 4.94. The van der Waals surface area contributed by atoms with Gasteiger partial charge in [-0.05, 0) is 51.7 Å². The van der Waals surface area contributed by atoms with Crippen molar-refractivity contribution in [2.24, 2.45) is 5.92 Å². The molecular weight excluding hydrogens is 418 g/mol. The Morgan fingerprint density at radius 1 is 1.09 bits per heavy atom. The summed E-state index contributed by atoms with van der Waals surface area (Å²) in [5, 5.41) is 2.86. The lowest BCUT2D eigenvalue weighted by Gasteiger charge is -2.30. The molecule has 1 atom stereocenters. The number of aromatic nitrogens is 3. The first-order valence-corrected chi connectivity index (χ1v) is 11.5. The van der Waals surface area contributed by atoms with Crippen LogP contribution >= 0.6 is 0 Å². The lowest BCUT2D eigenvalue weighted by Crippen LogP contribution is -2.41. The minimum atomic E-state index is -0.537. The summed E-state index contributed by atoms with van der Waals surface area (Å²) in [6, 6.07) is 7.15. The average molecular weight is 450 g/mol. The number of amides is 2. The third-order valence-corrected chi connectivity index (χ3v) is 6.35. The van der Waals surface area contributed by atoms with Gasteiger partial charge in [0, 0.05) is 31.5 Å². The number of benzene rings is 1. The van der Waals surface area contributed by atoms with Gasteiger partial charge >= 0.3 is 0 Å². The second-order valence-corrected chi connectivity index (χ2v) is 9.26. The number of hydrogen-bond donors (Lipinski definition) is 2. The van der Waals surface area contributed by atoms with Gasteiger partial charge in [0.15, 0.2) is 0 Å². The van der Waals surface area contributed by atoms with Crippen LogP contribution in [0.4, 0.5) is 0 Å². The normalized spacial score (nSPS) is 15.7. The Bertz CT molecular complexity index is 1200. The van der Waals surface area contributed by atoms with Crippen LogP contribution in [0.5, 0.6) is 0 Å². The highest BCUT2D eigenvalue weighted by Gasteiger charge is 2.27. The molecule has 0 saturated carbocycles. The minimum absolute atomic E-state index is 0.0159. The van der Waals surface area contributed by atoms with Crippen LogP contribution in [-0.4, -0.2) is 44.3 Å². The van der Waals surface area contributed by atoms with Crippen LogP contribution in [0.1, 0.15) is 79.2 Å². The van der Waals surface area contributed by atoms with Crippen LogP contribution in [0.25, 0.3) is 11.0 Å². The molecule has 8 nitrogen and oxygen atoms in total. The molecular formula is C25H31N5O3.